The van der Waals surface area contributed by atoms with Crippen LogP contribution in [0.5, 0.6) is 0 Å². The van der Waals surface area contributed by atoms with Gasteiger partial charge in [0.1, 0.15) is 13.2 Å². The number of rotatable bonds is 58. The average molecular weight is 986 g/mol. The first kappa shape index (κ1) is 67.9. The molecule has 0 aromatic carbocycles. The average Bonchev–Trinajstić information content (AvgIpc) is 3.36. The van der Waals surface area contributed by atoms with Gasteiger partial charge in [-0.25, -0.2) is 0 Å². The highest BCUT2D eigenvalue weighted by Crippen LogP contribution is 2.17. The van der Waals surface area contributed by atoms with E-state index in [1.54, 1.807) is 0 Å². The number of hydrogen-bond acceptors (Lipinski definition) is 6. The maximum absolute atomic E-state index is 12.9. The third-order valence-electron chi connectivity index (χ3n) is 14.2. The van der Waals surface area contributed by atoms with Gasteiger partial charge in [0.2, 0.25) is 0 Å². The number of ether oxygens (including phenoxy) is 3. The lowest BCUT2D eigenvalue weighted by Gasteiger charge is -2.18. The van der Waals surface area contributed by atoms with Crippen LogP contribution in [0, 0.1) is 0 Å². The van der Waals surface area contributed by atoms with Crippen LogP contribution < -0.4 is 0 Å². The molecule has 412 valence electrons. The van der Waals surface area contributed by atoms with Crippen LogP contribution in [-0.4, -0.2) is 37.2 Å². The van der Waals surface area contributed by atoms with Gasteiger partial charge in [0.15, 0.2) is 6.10 Å². The van der Waals surface area contributed by atoms with E-state index in [0.29, 0.717) is 19.3 Å². The van der Waals surface area contributed by atoms with E-state index in [2.05, 4.69) is 45.1 Å². The van der Waals surface area contributed by atoms with Gasteiger partial charge in [-0.15, -0.1) is 0 Å². The van der Waals surface area contributed by atoms with Gasteiger partial charge in [-0.1, -0.05) is 283 Å². The van der Waals surface area contributed by atoms with Crippen LogP contribution in [0.1, 0.15) is 348 Å². The molecule has 0 aliphatic heterocycles. The van der Waals surface area contributed by atoms with Gasteiger partial charge < -0.3 is 14.2 Å². The predicted molar refractivity (Wildman–Crippen MR) is 303 cm³/mol. The van der Waals surface area contributed by atoms with Crippen molar-refractivity contribution in [3.8, 4) is 0 Å². The van der Waals surface area contributed by atoms with E-state index in [4.69, 9.17) is 14.2 Å². The topological polar surface area (TPSA) is 78.9 Å². The Morgan fingerprint density at radius 1 is 0.271 bits per heavy atom. The Morgan fingerprint density at radius 2 is 0.471 bits per heavy atom. The van der Waals surface area contributed by atoms with Crippen LogP contribution in [0.15, 0.2) is 24.3 Å². The van der Waals surface area contributed by atoms with E-state index >= 15 is 0 Å². The van der Waals surface area contributed by atoms with Crippen LogP contribution in [0.25, 0.3) is 0 Å². The third kappa shape index (κ3) is 56.8. The van der Waals surface area contributed by atoms with Crippen molar-refractivity contribution in [3.05, 3.63) is 24.3 Å². The van der Waals surface area contributed by atoms with E-state index < -0.39 is 6.10 Å². The lowest BCUT2D eigenvalue weighted by molar-refractivity contribution is -0.167. The summed E-state index contributed by atoms with van der Waals surface area (Å²) in [6.07, 6.45) is 70.3. The summed E-state index contributed by atoms with van der Waals surface area (Å²) in [4.78, 5) is 38.3. The van der Waals surface area contributed by atoms with Gasteiger partial charge in [0.05, 0.1) is 0 Å². The number of unbranched alkanes of at least 4 members (excludes halogenated alkanes) is 43. The maximum Gasteiger partial charge on any atom is 0.306 e. The number of carbonyl (C=O) groups is 3. The normalized spacial score (nSPS) is 12.1. The predicted octanol–water partition coefficient (Wildman–Crippen LogP) is 21.1. The van der Waals surface area contributed by atoms with Crippen molar-refractivity contribution in [2.24, 2.45) is 0 Å². The largest absolute Gasteiger partial charge is 0.462 e. The monoisotopic (exact) mass is 985 g/mol. The van der Waals surface area contributed by atoms with Crippen LogP contribution >= 0.6 is 0 Å². The van der Waals surface area contributed by atoms with E-state index in [9.17, 15) is 14.4 Å². The Kier molecular flexibility index (Phi) is 57.7. The van der Waals surface area contributed by atoms with Crippen molar-refractivity contribution in [1.82, 2.24) is 0 Å². The molecule has 6 nitrogen and oxygen atoms in total. The molecule has 0 amide bonds. The Morgan fingerprint density at radius 3 is 0.714 bits per heavy atom. The van der Waals surface area contributed by atoms with Gasteiger partial charge in [0, 0.05) is 19.3 Å². The van der Waals surface area contributed by atoms with Crippen LogP contribution in [0.4, 0.5) is 0 Å². The number of esters is 3. The minimum absolute atomic E-state index is 0.0701. The quantitative estimate of drug-likeness (QED) is 0.0261. The molecule has 0 aromatic heterocycles. The van der Waals surface area contributed by atoms with Crippen molar-refractivity contribution in [3.63, 3.8) is 0 Å². The molecule has 0 N–H and O–H groups in total. The Bertz CT molecular complexity index is 1130. The first-order valence-corrected chi connectivity index (χ1v) is 31.3. The molecule has 0 bridgehead atoms. The van der Waals surface area contributed by atoms with Gasteiger partial charge in [-0.3, -0.25) is 14.4 Å². The smallest absolute Gasteiger partial charge is 0.306 e. The van der Waals surface area contributed by atoms with Crippen molar-refractivity contribution >= 4 is 17.9 Å². The van der Waals surface area contributed by atoms with Crippen LogP contribution in [0.2, 0.25) is 0 Å². The van der Waals surface area contributed by atoms with Crippen molar-refractivity contribution in [2.45, 2.75) is 354 Å². The number of allylic oxidation sites excluding steroid dienone is 4. The summed E-state index contributed by atoms with van der Waals surface area (Å²) in [5.74, 6) is -0.855. The zero-order valence-electron chi connectivity index (χ0n) is 47.3. The van der Waals surface area contributed by atoms with Crippen molar-refractivity contribution in [2.75, 3.05) is 13.2 Å². The third-order valence-corrected chi connectivity index (χ3v) is 14.2. The number of carbonyl (C=O) groups excluding carboxylic acids is 3. The van der Waals surface area contributed by atoms with Crippen molar-refractivity contribution in [1.29, 1.82) is 0 Å². The molecule has 0 heterocycles. The molecule has 0 aromatic rings. The van der Waals surface area contributed by atoms with Crippen LogP contribution in [0.3, 0.4) is 0 Å². The Hall–Kier alpha value is -2.11. The Labute approximate surface area is 436 Å². The lowest BCUT2D eigenvalue weighted by atomic mass is 10.0. The summed E-state index contributed by atoms with van der Waals surface area (Å²) in [7, 11) is 0. The molecular formula is C64H120O6. The van der Waals surface area contributed by atoms with E-state index in [1.165, 1.54) is 244 Å². The second-order valence-electron chi connectivity index (χ2n) is 21.3. The summed E-state index contributed by atoms with van der Waals surface area (Å²) < 4.78 is 16.9. The summed E-state index contributed by atoms with van der Waals surface area (Å²) in [6.45, 7) is 6.69. The second-order valence-corrected chi connectivity index (χ2v) is 21.3. The van der Waals surface area contributed by atoms with Gasteiger partial charge in [-0.2, -0.15) is 0 Å². The molecule has 0 aliphatic rings. The van der Waals surface area contributed by atoms with Crippen molar-refractivity contribution < 1.29 is 28.6 Å². The van der Waals surface area contributed by atoms with Gasteiger partial charge >= 0.3 is 17.9 Å². The second kappa shape index (κ2) is 59.5. The summed E-state index contributed by atoms with van der Waals surface area (Å²) in [6, 6.07) is 0. The van der Waals surface area contributed by atoms with Crippen LogP contribution in [-0.2, 0) is 28.6 Å². The highest BCUT2D eigenvalue weighted by molar-refractivity contribution is 5.71. The minimum atomic E-state index is -0.772. The molecule has 0 spiro atoms. The maximum atomic E-state index is 12.9. The van der Waals surface area contributed by atoms with Gasteiger partial charge in [0.25, 0.3) is 0 Å². The molecule has 0 saturated heterocycles. The highest BCUT2D eigenvalue weighted by Gasteiger charge is 2.19. The SMILES string of the molecule is CCCCCCCC/C=C\CCCCCCCCCCCC(=O)OCC(COC(=O)CCCCCCC/C=C\CCCCCCCCC)OC(=O)CCCCCCCCCCCCCCCCCCC. The highest BCUT2D eigenvalue weighted by atomic mass is 16.6. The summed E-state index contributed by atoms with van der Waals surface area (Å²) in [5, 5.41) is 0. The first-order chi connectivity index (χ1) is 34.5. The summed E-state index contributed by atoms with van der Waals surface area (Å²) >= 11 is 0. The fourth-order valence-corrected chi connectivity index (χ4v) is 9.44. The molecule has 1 atom stereocenters. The standard InChI is InChI=1S/C64H120O6/c1-4-7-10-13-16-19-22-25-28-31-32-34-36-39-42-45-48-51-54-57-63(66)69-60-61(59-68-62(65)56-53-50-47-44-41-38-35-30-27-24-21-18-15-12-9-6-3)70-64(67)58-55-52-49-46-43-40-37-33-29-26-23-20-17-14-11-8-5-2/h25,28,30,35,61H,4-24,26-27,29,31-34,36-60H2,1-3H3/b28-25-,35-30-. The first-order valence-electron chi connectivity index (χ1n) is 31.3. The molecule has 0 fully saturated rings. The zero-order chi connectivity index (χ0) is 50.7. The van der Waals surface area contributed by atoms with E-state index in [-0.39, 0.29) is 31.1 Å². The van der Waals surface area contributed by atoms with E-state index in [1.807, 2.05) is 0 Å². The molecule has 70 heavy (non-hydrogen) atoms. The minimum Gasteiger partial charge on any atom is -0.462 e. The molecule has 0 radical (unpaired) electrons. The molecular weight excluding hydrogens is 865 g/mol. The molecule has 0 saturated carbocycles. The molecule has 0 rings (SSSR count). The fraction of sp³-hybridized carbons (Fsp3) is 0.891. The fourth-order valence-electron chi connectivity index (χ4n) is 9.44. The zero-order valence-corrected chi connectivity index (χ0v) is 47.3. The Balaban J connectivity index is 4.33. The molecule has 0 aliphatic carbocycles. The van der Waals surface area contributed by atoms with Gasteiger partial charge in [-0.05, 0) is 70.6 Å². The van der Waals surface area contributed by atoms with E-state index in [0.717, 1.165) is 64.2 Å². The summed E-state index contributed by atoms with van der Waals surface area (Å²) in [5.41, 5.74) is 0. The molecule has 6 heteroatoms. The number of hydrogen-bond donors (Lipinski definition) is 0. The molecule has 1 unspecified atom stereocenters. The lowest BCUT2D eigenvalue weighted by Crippen LogP contribution is -2.30.